The number of nitrogens with zero attached hydrogens (tertiary/aromatic N) is 1. The van der Waals surface area contributed by atoms with E-state index in [1.165, 1.54) is 27.1 Å². The molecule has 4 aromatic rings. The number of esters is 1. The van der Waals surface area contributed by atoms with Crippen LogP contribution in [0, 0.1) is 17.0 Å². The lowest BCUT2D eigenvalue weighted by Crippen LogP contribution is -2.25. The molecule has 1 atom stereocenters. The summed E-state index contributed by atoms with van der Waals surface area (Å²) >= 11 is 0. The Hall–Kier alpha value is -3.51. The lowest BCUT2D eigenvalue weighted by molar-refractivity contribution is -0.384. The van der Waals surface area contributed by atoms with E-state index in [1.807, 2.05) is 30.3 Å². The van der Waals surface area contributed by atoms with Crippen molar-refractivity contribution in [3.8, 4) is 4.90 Å². The molecular formula is C25H22NO4S+. The number of hydrogen-bond acceptors (Lipinski definition) is 4. The Balaban J connectivity index is 1.62. The van der Waals surface area contributed by atoms with Crippen molar-refractivity contribution in [1.29, 1.82) is 0 Å². The van der Waals surface area contributed by atoms with Crippen LogP contribution in [-0.2, 0) is 10.3 Å². The van der Waals surface area contributed by atoms with E-state index in [0.717, 1.165) is 4.90 Å². The molecular weight excluding hydrogens is 410 g/mol. The highest BCUT2D eigenvalue weighted by Gasteiger charge is 2.28. The van der Waals surface area contributed by atoms with Crippen LogP contribution >= 0.6 is 10.5 Å². The second-order valence-corrected chi connectivity index (χ2v) is 10.00. The minimum atomic E-state index is -0.930. The smallest absolute Gasteiger partial charge is 0.339 e. The van der Waals surface area contributed by atoms with Gasteiger partial charge in [0.25, 0.3) is 5.69 Å². The molecule has 5 nitrogen and oxygen atoms in total. The predicted octanol–water partition coefficient (Wildman–Crippen LogP) is 6.89. The summed E-state index contributed by atoms with van der Waals surface area (Å²) in [5.74, 6) is -0.428. The number of nitro benzene ring substituents is 1. The lowest BCUT2D eigenvalue weighted by Gasteiger charge is -2.25. The van der Waals surface area contributed by atoms with Gasteiger partial charge in [0.05, 0.1) is 10.5 Å². The van der Waals surface area contributed by atoms with Gasteiger partial charge in [0.2, 0.25) is 0 Å². The third-order valence-electron chi connectivity index (χ3n) is 5.25. The largest absolute Gasteiger partial charge is 0.451 e. The molecule has 3 aromatic carbocycles. The normalized spacial score (nSPS) is 12.0. The molecule has 0 fully saturated rings. The minimum absolute atomic E-state index is 0.000149. The van der Waals surface area contributed by atoms with Gasteiger partial charge in [0, 0.05) is 47.0 Å². The molecule has 0 N–H and O–H groups in total. The maximum atomic E-state index is 13.0. The van der Waals surface area contributed by atoms with Crippen molar-refractivity contribution < 1.29 is 14.5 Å². The zero-order valence-corrected chi connectivity index (χ0v) is 18.3. The maximum absolute atomic E-state index is 13.0. The van der Waals surface area contributed by atoms with Crippen LogP contribution in [0.1, 0.15) is 34.6 Å². The molecule has 0 bridgehead atoms. The maximum Gasteiger partial charge on any atom is 0.339 e. The van der Waals surface area contributed by atoms with Gasteiger partial charge in [-0.25, -0.2) is 4.79 Å². The number of aryl methyl sites for hydroxylation is 1. The van der Waals surface area contributed by atoms with Crippen molar-refractivity contribution in [3.63, 3.8) is 0 Å². The van der Waals surface area contributed by atoms with Crippen molar-refractivity contribution in [1.82, 2.24) is 0 Å². The summed E-state index contributed by atoms with van der Waals surface area (Å²) in [5.41, 5.74) is 0.241. The quantitative estimate of drug-likeness (QED) is 0.149. The van der Waals surface area contributed by atoms with E-state index < -0.39 is 16.5 Å². The Morgan fingerprint density at radius 1 is 0.968 bits per heavy atom. The highest BCUT2D eigenvalue weighted by Crippen LogP contribution is 2.43. The van der Waals surface area contributed by atoms with Gasteiger partial charge < -0.3 is 4.74 Å². The zero-order chi connectivity index (χ0) is 22.2. The second-order valence-electron chi connectivity index (χ2n) is 7.83. The standard InChI is InChI=1S/C25H22NO4S/c1-17-15-18-7-4-5-10-23(18)31(17)22-9-6-8-19(16-22)24(27)30-25(2,3)20-11-13-21(14-12-20)26(28)29/h4-16H,1-3H3/q+1. The van der Waals surface area contributed by atoms with Crippen LogP contribution < -0.4 is 0 Å². The monoisotopic (exact) mass is 432 g/mol. The minimum Gasteiger partial charge on any atom is -0.451 e. The molecule has 0 aliphatic rings. The summed E-state index contributed by atoms with van der Waals surface area (Å²) in [6.07, 6.45) is 0. The first-order chi connectivity index (χ1) is 14.8. The SMILES string of the molecule is Cc1cc2ccccc2[s+]1-c1cccc(C(=O)OC(C)(C)c2ccc([N+](=O)[O-])cc2)c1. The van der Waals surface area contributed by atoms with E-state index in [2.05, 4.69) is 25.1 Å². The van der Waals surface area contributed by atoms with Crippen molar-refractivity contribution in [2.45, 2.75) is 26.4 Å². The number of thiophene rings is 1. The van der Waals surface area contributed by atoms with Crippen LogP contribution in [0.2, 0.25) is 0 Å². The topological polar surface area (TPSA) is 69.4 Å². The molecule has 0 saturated carbocycles. The van der Waals surface area contributed by atoms with Crippen molar-refractivity contribution >= 4 is 32.2 Å². The zero-order valence-electron chi connectivity index (χ0n) is 17.5. The number of non-ortho nitro benzene ring substituents is 1. The van der Waals surface area contributed by atoms with Crippen molar-refractivity contribution in [2.75, 3.05) is 0 Å². The van der Waals surface area contributed by atoms with Crippen LogP contribution in [-0.4, -0.2) is 10.9 Å². The molecule has 31 heavy (non-hydrogen) atoms. The summed E-state index contributed by atoms with van der Waals surface area (Å²) in [6, 6.07) is 24.1. The third-order valence-corrected chi connectivity index (χ3v) is 7.55. The van der Waals surface area contributed by atoms with Gasteiger partial charge in [-0.05, 0) is 55.8 Å². The van der Waals surface area contributed by atoms with Crippen LogP contribution in [0.15, 0.2) is 78.9 Å². The molecule has 0 spiro atoms. The van der Waals surface area contributed by atoms with Gasteiger partial charge in [0.15, 0.2) is 14.5 Å². The molecule has 0 aliphatic heterocycles. The summed E-state index contributed by atoms with van der Waals surface area (Å²) < 4.78 is 7.06. The molecule has 0 radical (unpaired) electrons. The van der Waals surface area contributed by atoms with Gasteiger partial charge in [-0.1, -0.05) is 18.2 Å². The first-order valence-electron chi connectivity index (χ1n) is 9.86. The summed E-state index contributed by atoms with van der Waals surface area (Å²) in [5, 5.41) is 12.1. The lowest BCUT2D eigenvalue weighted by atomic mass is 9.97. The predicted molar refractivity (Wildman–Crippen MR) is 124 cm³/mol. The molecule has 4 rings (SSSR count). The van der Waals surface area contributed by atoms with E-state index in [1.54, 1.807) is 32.0 Å². The molecule has 1 unspecified atom stereocenters. The number of nitro groups is 1. The molecule has 0 amide bonds. The Kier molecular flexibility index (Phi) is 5.33. The van der Waals surface area contributed by atoms with Crippen LogP contribution in [0.3, 0.4) is 0 Å². The van der Waals surface area contributed by atoms with E-state index in [9.17, 15) is 14.9 Å². The number of ether oxygens (including phenoxy) is 1. The van der Waals surface area contributed by atoms with Gasteiger partial charge in [-0.3, -0.25) is 10.1 Å². The van der Waals surface area contributed by atoms with Gasteiger partial charge in [-0.15, -0.1) is 0 Å². The molecule has 1 heterocycles. The number of carbonyl (C=O) groups is 1. The highest BCUT2D eigenvalue weighted by atomic mass is 32.2. The van der Waals surface area contributed by atoms with E-state index in [4.69, 9.17) is 4.74 Å². The molecule has 0 saturated heterocycles. The number of rotatable bonds is 5. The van der Waals surface area contributed by atoms with Crippen molar-refractivity contribution in [3.05, 3.63) is 105 Å². The fourth-order valence-electron chi connectivity index (χ4n) is 3.63. The highest BCUT2D eigenvalue weighted by molar-refractivity contribution is 7.45. The van der Waals surface area contributed by atoms with E-state index in [-0.39, 0.29) is 16.2 Å². The average molecular weight is 433 g/mol. The summed E-state index contributed by atoms with van der Waals surface area (Å²) in [4.78, 5) is 25.7. The Morgan fingerprint density at radius 3 is 2.39 bits per heavy atom. The first-order valence-corrected chi connectivity index (χ1v) is 11.1. The fourth-order valence-corrected chi connectivity index (χ4v) is 5.89. The number of hydrogen-bond donors (Lipinski definition) is 0. The number of fused-ring (bicyclic) bond motifs is 1. The fraction of sp³-hybridized carbons (Fsp3) is 0.160. The van der Waals surface area contributed by atoms with Crippen molar-refractivity contribution in [2.24, 2.45) is 0 Å². The van der Waals surface area contributed by atoms with Gasteiger partial charge >= 0.3 is 5.97 Å². The molecule has 156 valence electrons. The Morgan fingerprint density at radius 2 is 1.68 bits per heavy atom. The molecule has 0 aliphatic carbocycles. The number of benzene rings is 3. The summed E-state index contributed by atoms with van der Waals surface area (Å²) in [6.45, 7) is 5.67. The average Bonchev–Trinajstić information content (AvgIpc) is 3.09. The Bertz CT molecular complexity index is 1290. The molecule has 1 aromatic heterocycles. The molecule has 6 heteroatoms. The van der Waals surface area contributed by atoms with E-state index in [0.29, 0.717) is 11.1 Å². The van der Waals surface area contributed by atoms with Crippen LogP contribution in [0.4, 0.5) is 5.69 Å². The van der Waals surface area contributed by atoms with Gasteiger partial charge in [-0.2, -0.15) is 0 Å². The van der Waals surface area contributed by atoms with Gasteiger partial charge in [0.1, 0.15) is 5.60 Å². The first kappa shape index (κ1) is 20.8. The van der Waals surface area contributed by atoms with Crippen LogP contribution in [0.25, 0.3) is 15.0 Å². The number of carbonyl (C=O) groups excluding carboxylic acids is 1. The summed E-state index contributed by atoms with van der Waals surface area (Å²) in [7, 11) is -0.214. The third kappa shape index (κ3) is 4.07. The van der Waals surface area contributed by atoms with Crippen LogP contribution in [0.5, 0.6) is 0 Å². The second kappa shape index (κ2) is 7.96. The Labute approximate surface area is 183 Å². The van der Waals surface area contributed by atoms with E-state index >= 15 is 0 Å².